The Morgan fingerprint density at radius 1 is 0.895 bits per heavy atom. The lowest BCUT2D eigenvalue weighted by molar-refractivity contribution is 0.0337. The van der Waals surface area contributed by atoms with E-state index in [0.29, 0.717) is 6.61 Å². The molecule has 0 bridgehead atoms. The van der Waals surface area contributed by atoms with Crippen LogP contribution in [0.5, 0.6) is 5.75 Å². The van der Waals surface area contributed by atoms with E-state index in [1.807, 2.05) is 6.20 Å². The number of rotatable bonds is 6. The van der Waals surface area contributed by atoms with Crippen molar-refractivity contribution in [3.63, 3.8) is 0 Å². The molecule has 38 heavy (non-hydrogen) atoms. The standard InChI is InChI=1S/C29H34N6O3/c1-4-25(34-10-8-32(9-11-34)20-29-30-7-14-37-29)5-2-22(1)23-3-6-26-27(17-23)38-21-28-31-24(19-35(26)28)18-33-12-15-36-16-13-33/h1-7,14,17,19,29-30H,8-13,15-16,18,20-21H2. The Balaban J connectivity index is 1.01. The van der Waals surface area contributed by atoms with Crippen LogP contribution in [0.25, 0.3) is 16.8 Å². The van der Waals surface area contributed by atoms with Crippen LogP contribution in [0, 0.1) is 0 Å². The molecule has 1 atom stereocenters. The van der Waals surface area contributed by atoms with E-state index in [4.69, 9.17) is 19.2 Å². The largest absolute Gasteiger partial charge is 0.483 e. The number of anilines is 1. The Bertz CT molecular complexity index is 1280. The summed E-state index contributed by atoms with van der Waals surface area (Å²) in [5.74, 6) is 1.86. The number of hydrogen-bond donors (Lipinski definition) is 1. The second-order valence-electron chi connectivity index (χ2n) is 10.3. The normalized spacial score (nSPS) is 21.4. The zero-order chi connectivity index (χ0) is 25.3. The molecule has 0 aliphatic carbocycles. The minimum atomic E-state index is 0.0824. The number of fused-ring (bicyclic) bond motifs is 3. The average molecular weight is 515 g/mol. The Kier molecular flexibility index (Phi) is 6.40. The number of benzene rings is 2. The number of hydrogen-bond acceptors (Lipinski definition) is 8. The summed E-state index contributed by atoms with van der Waals surface area (Å²) in [6.45, 7) is 9.88. The highest BCUT2D eigenvalue weighted by Gasteiger charge is 2.23. The van der Waals surface area contributed by atoms with Gasteiger partial charge in [0.2, 0.25) is 0 Å². The number of nitrogens with one attached hydrogen (secondary N) is 1. The van der Waals surface area contributed by atoms with Crippen molar-refractivity contribution in [3.8, 4) is 22.6 Å². The summed E-state index contributed by atoms with van der Waals surface area (Å²) in [7, 11) is 0. The highest BCUT2D eigenvalue weighted by atomic mass is 16.5. The van der Waals surface area contributed by atoms with Crippen LogP contribution in [0.15, 0.2) is 61.1 Å². The number of morpholine rings is 1. The van der Waals surface area contributed by atoms with Crippen LogP contribution in [-0.2, 0) is 22.6 Å². The lowest BCUT2D eigenvalue weighted by Gasteiger charge is -2.37. The summed E-state index contributed by atoms with van der Waals surface area (Å²) in [6.07, 6.45) is 5.85. The van der Waals surface area contributed by atoms with Gasteiger partial charge in [0.1, 0.15) is 18.6 Å². The van der Waals surface area contributed by atoms with E-state index in [0.717, 1.165) is 94.1 Å². The monoisotopic (exact) mass is 514 g/mol. The SMILES string of the molecule is C1=COC(CN2CCN(c3ccc(-c4ccc5c(c4)OCc4nc(CN6CCOCC6)cn4-5)cc3)CC2)N1. The maximum absolute atomic E-state index is 6.14. The van der Waals surface area contributed by atoms with E-state index in [1.165, 1.54) is 11.3 Å². The lowest BCUT2D eigenvalue weighted by Crippen LogP contribution is -2.50. The van der Waals surface area contributed by atoms with Crippen molar-refractivity contribution >= 4 is 5.69 Å². The van der Waals surface area contributed by atoms with Crippen molar-refractivity contribution in [1.82, 2.24) is 24.7 Å². The molecule has 7 rings (SSSR count). The number of nitrogens with zero attached hydrogens (tertiary/aromatic N) is 5. The molecule has 2 fully saturated rings. The molecular weight excluding hydrogens is 480 g/mol. The third-order valence-corrected chi connectivity index (χ3v) is 7.85. The second kappa shape index (κ2) is 10.3. The smallest absolute Gasteiger partial charge is 0.181 e. The van der Waals surface area contributed by atoms with Crippen molar-refractivity contribution in [1.29, 1.82) is 0 Å². The van der Waals surface area contributed by atoms with Gasteiger partial charge in [0.15, 0.2) is 12.1 Å². The van der Waals surface area contributed by atoms with Crippen LogP contribution in [0.3, 0.4) is 0 Å². The zero-order valence-electron chi connectivity index (χ0n) is 21.6. The van der Waals surface area contributed by atoms with Crippen molar-refractivity contribution < 1.29 is 14.2 Å². The van der Waals surface area contributed by atoms with E-state index in [-0.39, 0.29) is 6.23 Å². The molecule has 1 N–H and O–H groups in total. The number of ether oxygens (including phenoxy) is 3. The van der Waals surface area contributed by atoms with Crippen molar-refractivity contribution in [2.45, 2.75) is 19.4 Å². The first kappa shape index (κ1) is 23.6. The number of imidazole rings is 1. The maximum Gasteiger partial charge on any atom is 0.181 e. The van der Waals surface area contributed by atoms with Crippen LogP contribution in [0.1, 0.15) is 11.5 Å². The van der Waals surface area contributed by atoms with Gasteiger partial charge in [0.05, 0.1) is 31.1 Å². The maximum atomic E-state index is 6.14. The van der Waals surface area contributed by atoms with Crippen LogP contribution in [-0.4, -0.2) is 84.6 Å². The third kappa shape index (κ3) is 4.84. The Hall–Kier alpha value is -3.53. The van der Waals surface area contributed by atoms with E-state index >= 15 is 0 Å². The summed E-state index contributed by atoms with van der Waals surface area (Å²) < 4.78 is 19.3. The molecule has 9 nitrogen and oxygen atoms in total. The first-order valence-corrected chi connectivity index (χ1v) is 13.6. The molecule has 2 saturated heterocycles. The quantitative estimate of drug-likeness (QED) is 0.539. The topological polar surface area (TPSA) is 67.3 Å². The molecule has 1 aromatic heterocycles. The van der Waals surface area contributed by atoms with Gasteiger partial charge in [-0.2, -0.15) is 0 Å². The van der Waals surface area contributed by atoms with Crippen molar-refractivity contribution in [3.05, 3.63) is 72.6 Å². The van der Waals surface area contributed by atoms with E-state index < -0.39 is 0 Å². The Morgan fingerprint density at radius 3 is 2.50 bits per heavy atom. The molecule has 0 spiro atoms. The molecule has 4 aliphatic rings. The van der Waals surface area contributed by atoms with Gasteiger partial charge in [0.25, 0.3) is 0 Å². The summed E-state index contributed by atoms with van der Waals surface area (Å²) in [5.41, 5.74) is 5.77. The summed E-state index contributed by atoms with van der Waals surface area (Å²) in [4.78, 5) is 12.2. The first-order valence-electron chi connectivity index (χ1n) is 13.6. The van der Waals surface area contributed by atoms with Gasteiger partial charge in [-0.3, -0.25) is 14.4 Å². The first-order chi connectivity index (χ1) is 18.8. The van der Waals surface area contributed by atoms with E-state index in [1.54, 1.807) is 6.26 Å². The molecule has 0 amide bonds. The van der Waals surface area contributed by atoms with E-state index in [9.17, 15) is 0 Å². The Morgan fingerprint density at radius 2 is 1.71 bits per heavy atom. The van der Waals surface area contributed by atoms with Gasteiger partial charge in [-0.25, -0.2) is 4.98 Å². The molecule has 0 saturated carbocycles. The van der Waals surface area contributed by atoms with Gasteiger partial charge >= 0.3 is 0 Å². The van der Waals surface area contributed by atoms with Crippen molar-refractivity contribution in [2.24, 2.45) is 0 Å². The summed E-state index contributed by atoms with van der Waals surface area (Å²) in [6, 6.07) is 15.4. The molecule has 198 valence electrons. The van der Waals surface area contributed by atoms with Gasteiger partial charge in [-0.1, -0.05) is 18.2 Å². The fraction of sp³-hybridized carbons (Fsp3) is 0.414. The molecule has 5 heterocycles. The second-order valence-corrected chi connectivity index (χ2v) is 10.3. The minimum absolute atomic E-state index is 0.0824. The number of piperazine rings is 1. The predicted molar refractivity (Wildman–Crippen MR) is 145 cm³/mol. The van der Waals surface area contributed by atoms with Gasteiger partial charge in [-0.05, 0) is 35.4 Å². The highest BCUT2D eigenvalue weighted by Crippen LogP contribution is 2.35. The highest BCUT2D eigenvalue weighted by molar-refractivity contribution is 5.70. The average Bonchev–Trinajstić information content (AvgIpc) is 3.63. The summed E-state index contributed by atoms with van der Waals surface area (Å²) in [5, 5.41) is 3.23. The molecular formula is C29H34N6O3. The van der Waals surface area contributed by atoms with Gasteiger partial charge in [0, 0.05) is 63.9 Å². The molecule has 1 unspecified atom stereocenters. The minimum Gasteiger partial charge on any atom is -0.483 e. The fourth-order valence-corrected chi connectivity index (χ4v) is 5.70. The predicted octanol–water partition coefficient (Wildman–Crippen LogP) is 2.80. The molecule has 2 aromatic carbocycles. The van der Waals surface area contributed by atoms with Gasteiger partial charge in [-0.15, -0.1) is 0 Å². The summed E-state index contributed by atoms with van der Waals surface area (Å²) >= 11 is 0. The van der Waals surface area contributed by atoms with Crippen LogP contribution in [0.4, 0.5) is 5.69 Å². The fourth-order valence-electron chi connectivity index (χ4n) is 5.70. The molecule has 4 aliphatic heterocycles. The zero-order valence-corrected chi connectivity index (χ0v) is 21.6. The van der Waals surface area contributed by atoms with Crippen molar-refractivity contribution in [2.75, 3.05) is 63.9 Å². The Labute approximate surface area is 223 Å². The van der Waals surface area contributed by atoms with Crippen LogP contribution < -0.4 is 15.0 Å². The van der Waals surface area contributed by atoms with Gasteiger partial charge < -0.3 is 24.4 Å². The molecule has 0 radical (unpaired) electrons. The molecule has 3 aromatic rings. The lowest BCUT2D eigenvalue weighted by atomic mass is 10.0. The molecule has 9 heteroatoms. The number of aromatic nitrogens is 2. The van der Waals surface area contributed by atoms with Crippen LogP contribution >= 0.6 is 0 Å². The third-order valence-electron chi connectivity index (χ3n) is 7.85. The van der Waals surface area contributed by atoms with Crippen LogP contribution in [0.2, 0.25) is 0 Å². The van der Waals surface area contributed by atoms with E-state index in [2.05, 4.69) is 73.2 Å².